The van der Waals surface area contributed by atoms with Crippen LogP contribution in [0.15, 0.2) is 0 Å². The van der Waals surface area contributed by atoms with E-state index in [2.05, 4.69) is 19.2 Å². The van der Waals surface area contributed by atoms with Gasteiger partial charge in [-0.05, 0) is 12.3 Å². The fraction of sp³-hybridized carbons (Fsp3) is 0.900. The summed E-state index contributed by atoms with van der Waals surface area (Å²) in [5.41, 5.74) is 0. The summed E-state index contributed by atoms with van der Waals surface area (Å²) in [4.78, 5) is 11.1. The van der Waals surface area contributed by atoms with Crippen LogP contribution in [0.25, 0.3) is 0 Å². The highest BCUT2D eigenvalue weighted by atomic mass is 16.5. The summed E-state index contributed by atoms with van der Waals surface area (Å²) < 4.78 is 9.81. The van der Waals surface area contributed by atoms with Crippen molar-refractivity contribution in [3.8, 4) is 0 Å². The molecule has 0 radical (unpaired) electrons. The van der Waals surface area contributed by atoms with Crippen LogP contribution in [0.4, 0.5) is 0 Å². The Bertz CT molecular complexity index is 148. The average Bonchev–Trinajstić information content (AvgIpc) is 2.12. The molecule has 14 heavy (non-hydrogen) atoms. The van der Waals surface area contributed by atoms with Crippen LogP contribution >= 0.6 is 0 Å². The highest BCUT2D eigenvalue weighted by Crippen LogP contribution is 1.98. The summed E-state index contributed by atoms with van der Waals surface area (Å²) >= 11 is 0. The summed E-state index contributed by atoms with van der Waals surface area (Å²) in [6, 6.07) is 0. The highest BCUT2D eigenvalue weighted by molar-refractivity contribution is 5.71. The van der Waals surface area contributed by atoms with E-state index in [1.54, 1.807) is 7.11 Å². The van der Waals surface area contributed by atoms with E-state index < -0.39 is 0 Å². The van der Waals surface area contributed by atoms with Crippen molar-refractivity contribution in [1.82, 2.24) is 5.32 Å². The molecule has 1 N–H and O–H groups in total. The second-order valence-corrected chi connectivity index (χ2v) is 3.57. The Balaban J connectivity index is 3.20. The molecule has 0 aliphatic rings. The highest BCUT2D eigenvalue weighted by Gasteiger charge is 2.02. The molecule has 0 aromatic rings. The molecule has 0 aromatic heterocycles. The van der Waals surface area contributed by atoms with Gasteiger partial charge in [-0.2, -0.15) is 0 Å². The van der Waals surface area contributed by atoms with Gasteiger partial charge in [0.15, 0.2) is 0 Å². The zero-order valence-corrected chi connectivity index (χ0v) is 9.34. The summed E-state index contributed by atoms with van der Waals surface area (Å²) in [5, 5.41) is 2.92. The van der Waals surface area contributed by atoms with Crippen LogP contribution in [0.5, 0.6) is 0 Å². The molecule has 0 bridgehead atoms. The van der Waals surface area contributed by atoms with Crippen molar-refractivity contribution in [1.29, 1.82) is 0 Å². The smallest absolute Gasteiger partial charge is 0.319 e. The molecule has 84 valence electrons. The molecule has 0 spiro atoms. The largest absolute Gasteiger partial charge is 0.465 e. The first-order chi connectivity index (χ1) is 6.66. The van der Waals surface area contributed by atoms with Crippen molar-refractivity contribution in [2.75, 3.05) is 33.4 Å². The van der Waals surface area contributed by atoms with Gasteiger partial charge in [0.25, 0.3) is 0 Å². The predicted molar refractivity (Wildman–Crippen MR) is 55.2 cm³/mol. The van der Waals surface area contributed by atoms with Gasteiger partial charge >= 0.3 is 5.97 Å². The summed E-state index contributed by atoms with van der Waals surface area (Å²) in [7, 11) is 1.63. The SMILES string of the molecule is COCCNCC(=O)OCCC(C)C. The van der Waals surface area contributed by atoms with Gasteiger partial charge in [-0.3, -0.25) is 4.79 Å². The van der Waals surface area contributed by atoms with Gasteiger partial charge in [-0.25, -0.2) is 0 Å². The van der Waals surface area contributed by atoms with Gasteiger partial charge in [0.05, 0.1) is 19.8 Å². The summed E-state index contributed by atoms with van der Waals surface area (Å²) in [6.07, 6.45) is 0.920. The Hall–Kier alpha value is -0.610. The minimum atomic E-state index is -0.193. The van der Waals surface area contributed by atoms with Crippen molar-refractivity contribution in [2.45, 2.75) is 20.3 Å². The molecule has 0 rings (SSSR count). The molecule has 0 heterocycles. The first-order valence-corrected chi connectivity index (χ1v) is 5.02. The molecule has 0 aliphatic heterocycles. The van der Waals surface area contributed by atoms with Crippen LogP contribution in [0.3, 0.4) is 0 Å². The first kappa shape index (κ1) is 13.4. The minimum absolute atomic E-state index is 0.193. The molecule has 0 aliphatic carbocycles. The molecule has 0 aromatic carbocycles. The number of carbonyl (C=O) groups is 1. The zero-order valence-electron chi connectivity index (χ0n) is 9.34. The lowest BCUT2D eigenvalue weighted by molar-refractivity contribution is -0.142. The Morgan fingerprint density at radius 2 is 2.07 bits per heavy atom. The number of hydrogen-bond donors (Lipinski definition) is 1. The molecule has 0 unspecified atom stereocenters. The van der Waals surface area contributed by atoms with Crippen LogP contribution < -0.4 is 5.32 Å². The van der Waals surface area contributed by atoms with Crippen molar-refractivity contribution >= 4 is 5.97 Å². The van der Waals surface area contributed by atoms with Crippen LogP contribution in [0.2, 0.25) is 0 Å². The Labute approximate surface area is 86.0 Å². The maximum Gasteiger partial charge on any atom is 0.319 e. The molecule has 0 amide bonds. The van der Waals surface area contributed by atoms with Crippen LogP contribution in [0.1, 0.15) is 20.3 Å². The topological polar surface area (TPSA) is 47.6 Å². The Kier molecular flexibility index (Phi) is 8.57. The van der Waals surface area contributed by atoms with E-state index in [-0.39, 0.29) is 12.5 Å². The van der Waals surface area contributed by atoms with Crippen molar-refractivity contribution < 1.29 is 14.3 Å². The maximum atomic E-state index is 11.1. The van der Waals surface area contributed by atoms with E-state index in [4.69, 9.17) is 9.47 Å². The van der Waals surface area contributed by atoms with Crippen molar-refractivity contribution in [3.05, 3.63) is 0 Å². The van der Waals surface area contributed by atoms with Crippen molar-refractivity contribution in [3.63, 3.8) is 0 Å². The fourth-order valence-corrected chi connectivity index (χ4v) is 0.824. The van der Waals surface area contributed by atoms with E-state index in [0.29, 0.717) is 25.7 Å². The number of carbonyl (C=O) groups excluding carboxylic acids is 1. The number of ether oxygens (including phenoxy) is 2. The molecular formula is C10H21NO3. The van der Waals surface area contributed by atoms with Crippen molar-refractivity contribution in [2.24, 2.45) is 5.92 Å². The Morgan fingerprint density at radius 1 is 1.36 bits per heavy atom. The fourth-order valence-electron chi connectivity index (χ4n) is 0.824. The van der Waals surface area contributed by atoms with E-state index in [9.17, 15) is 4.79 Å². The van der Waals surface area contributed by atoms with Crippen LogP contribution in [0, 0.1) is 5.92 Å². The number of hydrogen-bond acceptors (Lipinski definition) is 4. The predicted octanol–water partition coefficient (Wildman–Crippen LogP) is 0.812. The lowest BCUT2D eigenvalue weighted by Crippen LogP contribution is -2.27. The molecule has 4 heteroatoms. The zero-order chi connectivity index (χ0) is 10.8. The van der Waals surface area contributed by atoms with E-state index in [1.165, 1.54) is 0 Å². The Morgan fingerprint density at radius 3 is 2.64 bits per heavy atom. The molecular weight excluding hydrogens is 182 g/mol. The number of nitrogens with one attached hydrogen (secondary N) is 1. The third-order valence-electron chi connectivity index (χ3n) is 1.71. The molecule has 0 saturated carbocycles. The molecule has 0 fully saturated rings. The van der Waals surface area contributed by atoms with Gasteiger partial charge < -0.3 is 14.8 Å². The van der Waals surface area contributed by atoms with Gasteiger partial charge in [0.2, 0.25) is 0 Å². The van der Waals surface area contributed by atoms with Gasteiger partial charge in [0.1, 0.15) is 0 Å². The quantitative estimate of drug-likeness (QED) is 0.468. The summed E-state index contributed by atoms with van der Waals surface area (Å²) in [6.45, 7) is 6.27. The van der Waals surface area contributed by atoms with Gasteiger partial charge in [0, 0.05) is 13.7 Å². The van der Waals surface area contributed by atoms with E-state index >= 15 is 0 Å². The molecule has 0 atom stereocenters. The van der Waals surface area contributed by atoms with E-state index in [1.807, 2.05) is 0 Å². The normalized spacial score (nSPS) is 10.6. The third kappa shape index (κ3) is 9.48. The molecule has 4 nitrogen and oxygen atoms in total. The second-order valence-electron chi connectivity index (χ2n) is 3.57. The second kappa shape index (κ2) is 8.97. The van der Waals surface area contributed by atoms with Crippen LogP contribution in [-0.4, -0.2) is 39.4 Å². The maximum absolute atomic E-state index is 11.1. The number of esters is 1. The standard InChI is InChI=1S/C10H21NO3/c1-9(2)4-6-14-10(12)8-11-5-7-13-3/h9,11H,4-8H2,1-3H3. The lowest BCUT2D eigenvalue weighted by atomic mass is 10.1. The van der Waals surface area contributed by atoms with Gasteiger partial charge in [-0.1, -0.05) is 13.8 Å². The van der Waals surface area contributed by atoms with Crippen LogP contribution in [-0.2, 0) is 14.3 Å². The average molecular weight is 203 g/mol. The minimum Gasteiger partial charge on any atom is -0.465 e. The number of rotatable bonds is 8. The number of methoxy groups -OCH3 is 1. The summed E-state index contributed by atoms with van der Waals surface area (Å²) in [5.74, 6) is 0.381. The first-order valence-electron chi connectivity index (χ1n) is 5.02. The monoisotopic (exact) mass is 203 g/mol. The molecule has 0 saturated heterocycles. The van der Waals surface area contributed by atoms with E-state index in [0.717, 1.165) is 6.42 Å². The third-order valence-corrected chi connectivity index (χ3v) is 1.71. The van der Waals surface area contributed by atoms with Gasteiger partial charge in [-0.15, -0.1) is 0 Å². The lowest BCUT2D eigenvalue weighted by Gasteiger charge is -2.07.